The van der Waals surface area contributed by atoms with Gasteiger partial charge in [-0.3, -0.25) is 4.79 Å². The van der Waals surface area contributed by atoms with E-state index in [0.29, 0.717) is 18.0 Å². The second kappa shape index (κ2) is 6.60. The summed E-state index contributed by atoms with van der Waals surface area (Å²) in [5.74, 6) is 1.28. The zero-order chi connectivity index (χ0) is 16.2. The Morgan fingerprint density at radius 2 is 2.17 bits per heavy atom. The molecule has 0 atom stereocenters. The van der Waals surface area contributed by atoms with Crippen molar-refractivity contribution in [3.8, 4) is 11.5 Å². The highest BCUT2D eigenvalue weighted by molar-refractivity contribution is 5.92. The molecule has 0 spiro atoms. The summed E-state index contributed by atoms with van der Waals surface area (Å²) < 4.78 is 11.1. The Balaban J connectivity index is 1.60. The van der Waals surface area contributed by atoms with Crippen LogP contribution >= 0.6 is 0 Å². The van der Waals surface area contributed by atoms with Gasteiger partial charge in [0.1, 0.15) is 18.1 Å². The highest BCUT2D eigenvalue weighted by Gasteiger charge is 2.15. The molecule has 120 valence electrons. The zero-order valence-electron chi connectivity index (χ0n) is 13.3. The number of hydrogen-bond donors (Lipinski definition) is 1. The molecule has 2 aromatic carbocycles. The zero-order valence-corrected chi connectivity index (χ0v) is 13.3. The molecule has 0 bridgehead atoms. The molecule has 23 heavy (non-hydrogen) atoms. The Morgan fingerprint density at radius 3 is 3.00 bits per heavy atom. The third kappa shape index (κ3) is 3.74. The molecular weight excluding hydrogens is 292 g/mol. The van der Waals surface area contributed by atoms with Gasteiger partial charge in [-0.15, -0.1) is 0 Å². The predicted molar refractivity (Wildman–Crippen MR) is 90.5 cm³/mol. The average molecular weight is 312 g/mol. The van der Waals surface area contributed by atoms with Gasteiger partial charge in [0, 0.05) is 18.8 Å². The molecule has 0 saturated carbocycles. The molecule has 0 unspecified atom stereocenters. The van der Waals surface area contributed by atoms with E-state index in [1.165, 1.54) is 0 Å². The number of rotatable bonds is 4. The van der Waals surface area contributed by atoms with Crippen molar-refractivity contribution in [1.82, 2.24) is 0 Å². The number of hydrogen-bond acceptors (Lipinski definition) is 4. The second-order valence-corrected chi connectivity index (χ2v) is 5.61. The standard InChI is InChI=1S/C18H20N2O3/c1-13-4-3-5-15(10-13)23-12-18(21)19-14-6-7-16-17(11-14)22-9-8-20(16)2/h3-7,10-11H,8-9,12H2,1-2H3,(H,19,21). The molecule has 3 rings (SSSR count). The Bertz CT molecular complexity index is 715. The molecule has 1 amide bonds. The van der Waals surface area contributed by atoms with Gasteiger partial charge >= 0.3 is 0 Å². The maximum Gasteiger partial charge on any atom is 0.262 e. The fourth-order valence-electron chi connectivity index (χ4n) is 2.49. The first kappa shape index (κ1) is 15.2. The summed E-state index contributed by atoms with van der Waals surface area (Å²) in [5, 5.41) is 2.83. The van der Waals surface area contributed by atoms with E-state index < -0.39 is 0 Å². The summed E-state index contributed by atoms with van der Waals surface area (Å²) in [6.07, 6.45) is 0. The Kier molecular flexibility index (Phi) is 4.37. The summed E-state index contributed by atoms with van der Waals surface area (Å²) in [6, 6.07) is 13.3. The van der Waals surface area contributed by atoms with Crippen molar-refractivity contribution >= 4 is 17.3 Å². The largest absolute Gasteiger partial charge is 0.489 e. The van der Waals surface area contributed by atoms with Crippen LogP contribution in [0.2, 0.25) is 0 Å². The summed E-state index contributed by atoms with van der Waals surface area (Å²) in [5.41, 5.74) is 2.83. The molecule has 0 aromatic heterocycles. The van der Waals surface area contributed by atoms with Crippen molar-refractivity contribution in [2.24, 2.45) is 0 Å². The Labute approximate surface area is 135 Å². The van der Waals surface area contributed by atoms with Gasteiger partial charge in [-0.05, 0) is 36.8 Å². The smallest absolute Gasteiger partial charge is 0.262 e. The molecule has 5 nitrogen and oxygen atoms in total. The third-order valence-corrected chi connectivity index (χ3v) is 3.70. The van der Waals surface area contributed by atoms with E-state index in [0.717, 1.165) is 23.5 Å². The number of carbonyl (C=O) groups is 1. The SMILES string of the molecule is Cc1cccc(OCC(=O)Nc2ccc3c(c2)OCCN3C)c1. The van der Waals surface area contributed by atoms with Crippen LogP contribution in [0.1, 0.15) is 5.56 Å². The van der Waals surface area contributed by atoms with Crippen LogP contribution in [-0.4, -0.2) is 32.7 Å². The number of amides is 1. The molecular formula is C18H20N2O3. The minimum Gasteiger partial charge on any atom is -0.489 e. The van der Waals surface area contributed by atoms with Gasteiger partial charge in [-0.1, -0.05) is 12.1 Å². The van der Waals surface area contributed by atoms with Crippen molar-refractivity contribution in [3.63, 3.8) is 0 Å². The fraction of sp³-hybridized carbons (Fsp3) is 0.278. The molecule has 1 heterocycles. The number of likely N-dealkylation sites (N-methyl/N-ethyl adjacent to an activating group) is 1. The quantitative estimate of drug-likeness (QED) is 0.943. The molecule has 0 aliphatic carbocycles. The van der Waals surface area contributed by atoms with Crippen LogP contribution in [0.5, 0.6) is 11.5 Å². The molecule has 0 saturated heterocycles. The number of nitrogens with zero attached hydrogens (tertiary/aromatic N) is 1. The van der Waals surface area contributed by atoms with Crippen molar-refractivity contribution in [2.75, 3.05) is 37.0 Å². The summed E-state index contributed by atoms with van der Waals surface area (Å²) in [4.78, 5) is 14.1. The minimum atomic E-state index is -0.198. The Hall–Kier alpha value is -2.69. The van der Waals surface area contributed by atoms with Crippen molar-refractivity contribution in [3.05, 3.63) is 48.0 Å². The van der Waals surface area contributed by atoms with E-state index in [2.05, 4.69) is 10.2 Å². The van der Waals surface area contributed by atoms with E-state index >= 15 is 0 Å². The van der Waals surface area contributed by atoms with E-state index in [-0.39, 0.29) is 12.5 Å². The lowest BCUT2D eigenvalue weighted by molar-refractivity contribution is -0.118. The first-order chi connectivity index (χ1) is 11.1. The molecule has 1 N–H and O–H groups in total. The molecule has 2 aromatic rings. The topological polar surface area (TPSA) is 50.8 Å². The van der Waals surface area contributed by atoms with Crippen LogP contribution in [-0.2, 0) is 4.79 Å². The summed E-state index contributed by atoms with van der Waals surface area (Å²) in [6.45, 7) is 3.47. The molecule has 0 fully saturated rings. The summed E-state index contributed by atoms with van der Waals surface area (Å²) >= 11 is 0. The molecule has 5 heteroatoms. The van der Waals surface area contributed by atoms with Crippen LogP contribution < -0.4 is 19.7 Å². The van der Waals surface area contributed by atoms with Gasteiger partial charge in [-0.25, -0.2) is 0 Å². The van der Waals surface area contributed by atoms with Crippen LogP contribution in [0.15, 0.2) is 42.5 Å². The van der Waals surface area contributed by atoms with Gasteiger partial charge in [-0.2, -0.15) is 0 Å². The summed E-state index contributed by atoms with van der Waals surface area (Å²) in [7, 11) is 2.02. The van der Waals surface area contributed by atoms with Gasteiger partial charge < -0.3 is 19.7 Å². The highest BCUT2D eigenvalue weighted by atomic mass is 16.5. The number of fused-ring (bicyclic) bond motifs is 1. The van der Waals surface area contributed by atoms with Crippen LogP contribution in [0, 0.1) is 6.92 Å². The number of carbonyl (C=O) groups excluding carboxylic acids is 1. The van der Waals surface area contributed by atoms with Crippen LogP contribution in [0.4, 0.5) is 11.4 Å². The van der Waals surface area contributed by atoms with Crippen molar-refractivity contribution in [1.29, 1.82) is 0 Å². The maximum atomic E-state index is 12.0. The van der Waals surface area contributed by atoms with Crippen molar-refractivity contribution < 1.29 is 14.3 Å². The number of benzene rings is 2. The number of anilines is 2. The van der Waals surface area contributed by atoms with Gasteiger partial charge in [0.25, 0.3) is 5.91 Å². The monoisotopic (exact) mass is 312 g/mol. The fourth-order valence-corrected chi connectivity index (χ4v) is 2.49. The molecule has 1 aliphatic heterocycles. The third-order valence-electron chi connectivity index (χ3n) is 3.70. The van der Waals surface area contributed by atoms with Gasteiger partial charge in [0.05, 0.1) is 12.2 Å². The van der Waals surface area contributed by atoms with Crippen molar-refractivity contribution in [2.45, 2.75) is 6.92 Å². The van der Waals surface area contributed by atoms with E-state index in [9.17, 15) is 4.79 Å². The normalized spacial score (nSPS) is 13.0. The molecule has 1 aliphatic rings. The number of nitrogens with one attached hydrogen (secondary N) is 1. The number of ether oxygens (including phenoxy) is 2. The minimum absolute atomic E-state index is 0.0265. The lowest BCUT2D eigenvalue weighted by Gasteiger charge is -2.27. The lowest BCUT2D eigenvalue weighted by Crippen LogP contribution is -2.28. The first-order valence-electron chi connectivity index (χ1n) is 7.59. The van der Waals surface area contributed by atoms with E-state index in [4.69, 9.17) is 9.47 Å². The van der Waals surface area contributed by atoms with E-state index in [1.807, 2.05) is 56.4 Å². The van der Waals surface area contributed by atoms with Crippen LogP contribution in [0.3, 0.4) is 0 Å². The lowest BCUT2D eigenvalue weighted by atomic mass is 10.2. The maximum absolute atomic E-state index is 12.0. The van der Waals surface area contributed by atoms with Crippen LogP contribution in [0.25, 0.3) is 0 Å². The first-order valence-corrected chi connectivity index (χ1v) is 7.59. The predicted octanol–water partition coefficient (Wildman–Crippen LogP) is 2.84. The van der Waals surface area contributed by atoms with E-state index in [1.54, 1.807) is 0 Å². The van der Waals surface area contributed by atoms with Gasteiger partial charge in [0.15, 0.2) is 6.61 Å². The second-order valence-electron chi connectivity index (χ2n) is 5.61. The number of aryl methyl sites for hydroxylation is 1. The molecule has 0 radical (unpaired) electrons. The average Bonchev–Trinajstić information content (AvgIpc) is 2.53. The Morgan fingerprint density at radius 1 is 1.30 bits per heavy atom. The van der Waals surface area contributed by atoms with Gasteiger partial charge in [0.2, 0.25) is 0 Å². The highest BCUT2D eigenvalue weighted by Crippen LogP contribution is 2.33.